The van der Waals surface area contributed by atoms with E-state index in [4.69, 9.17) is 5.73 Å². The van der Waals surface area contributed by atoms with E-state index in [-0.39, 0.29) is 11.9 Å². The Morgan fingerprint density at radius 3 is 2.94 bits per heavy atom. The van der Waals surface area contributed by atoms with E-state index in [0.29, 0.717) is 12.3 Å². The Labute approximate surface area is 103 Å². The zero-order chi connectivity index (χ0) is 12.4. The van der Waals surface area contributed by atoms with Gasteiger partial charge in [0.15, 0.2) is 0 Å². The van der Waals surface area contributed by atoms with Crippen molar-refractivity contribution in [2.75, 3.05) is 11.4 Å². The Balaban J connectivity index is 2.32. The maximum Gasteiger partial charge on any atom is 0.243 e. The molecule has 3 heteroatoms. The minimum Gasteiger partial charge on any atom is -0.320 e. The standard InChI is InChI=1S/C14H20N2O/c1-3-12(15)14(17)16-9-10(2)8-11-6-4-5-7-13(11)16/h4-7,10,12H,3,8-9,15H2,1-2H3. The summed E-state index contributed by atoms with van der Waals surface area (Å²) in [5.41, 5.74) is 8.15. The molecule has 0 saturated carbocycles. The van der Waals surface area contributed by atoms with Crippen LogP contribution >= 0.6 is 0 Å². The predicted octanol–water partition coefficient (Wildman–Crippen LogP) is 1.95. The van der Waals surface area contributed by atoms with Crippen LogP contribution in [-0.2, 0) is 11.2 Å². The van der Waals surface area contributed by atoms with E-state index in [1.54, 1.807) is 0 Å². The molecule has 1 aliphatic rings. The molecular weight excluding hydrogens is 212 g/mol. The molecule has 17 heavy (non-hydrogen) atoms. The SMILES string of the molecule is CCC(N)C(=O)N1CC(C)Cc2ccccc21. The van der Waals surface area contributed by atoms with Gasteiger partial charge in [0, 0.05) is 12.2 Å². The van der Waals surface area contributed by atoms with Gasteiger partial charge in [0.25, 0.3) is 0 Å². The molecule has 1 aromatic rings. The molecule has 0 aromatic heterocycles. The second kappa shape index (κ2) is 4.88. The molecule has 0 saturated heterocycles. The summed E-state index contributed by atoms with van der Waals surface area (Å²) < 4.78 is 0. The molecule has 1 amide bonds. The van der Waals surface area contributed by atoms with Gasteiger partial charge in [-0.3, -0.25) is 4.79 Å². The first-order valence-electron chi connectivity index (χ1n) is 6.28. The molecule has 2 N–H and O–H groups in total. The molecule has 0 spiro atoms. The number of anilines is 1. The smallest absolute Gasteiger partial charge is 0.243 e. The van der Waals surface area contributed by atoms with Gasteiger partial charge in [-0.05, 0) is 30.4 Å². The van der Waals surface area contributed by atoms with Gasteiger partial charge < -0.3 is 10.6 Å². The summed E-state index contributed by atoms with van der Waals surface area (Å²) in [4.78, 5) is 14.1. The quantitative estimate of drug-likeness (QED) is 0.847. The number of carbonyl (C=O) groups excluding carboxylic acids is 1. The van der Waals surface area contributed by atoms with Crippen molar-refractivity contribution in [2.24, 2.45) is 11.7 Å². The summed E-state index contributed by atoms with van der Waals surface area (Å²) in [5, 5.41) is 0. The number of benzene rings is 1. The highest BCUT2D eigenvalue weighted by Gasteiger charge is 2.28. The molecule has 0 bridgehead atoms. The van der Waals surface area contributed by atoms with Crippen LogP contribution in [0.5, 0.6) is 0 Å². The first-order chi connectivity index (χ1) is 8.13. The molecule has 1 heterocycles. The molecule has 2 atom stereocenters. The van der Waals surface area contributed by atoms with Crippen molar-refractivity contribution in [2.45, 2.75) is 32.7 Å². The van der Waals surface area contributed by atoms with Gasteiger partial charge in [0.05, 0.1) is 6.04 Å². The lowest BCUT2D eigenvalue weighted by molar-refractivity contribution is -0.120. The zero-order valence-electron chi connectivity index (χ0n) is 10.5. The van der Waals surface area contributed by atoms with E-state index in [2.05, 4.69) is 13.0 Å². The number of nitrogens with zero attached hydrogens (tertiary/aromatic N) is 1. The highest BCUT2D eigenvalue weighted by Crippen LogP contribution is 2.29. The molecule has 2 unspecified atom stereocenters. The molecule has 0 aliphatic carbocycles. The molecule has 2 rings (SSSR count). The Bertz CT molecular complexity index is 416. The van der Waals surface area contributed by atoms with Crippen LogP contribution in [0, 0.1) is 5.92 Å². The maximum absolute atomic E-state index is 12.2. The summed E-state index contributed by atoms with van der Waals surface area (Å²) in [5.74, 6) is 0.546. The summed E-state index contributed by atoms with van der Waals surface area (Å²) in [6.45, 7) is 4.90. The zero-order valence-corrected chi connectivity index (χ0v) is 10.5. The van der Waals surface area contributed by atoms with Crippen molar-refractivity contribution in [3.63, 3.8) is 0 Å². The Morgan fingerprint density at radius 2 is 2.24 bits per heavy atom. The summed E-state index contributed by atoms with van der Waals surface area (Å²) >= 11 is 0. The lowest BCUT2D eigenvalue weighted by Gasteiger charge is -2.34. The van der Waals surface area contributed by atoms with Crippen LogP contribution in [-0.4, -0.2) is 18.5 Å². The van der Waals surface area contributed by atoms with Gasteiger partial charge in [-0.15, -0.1) is 0 Å². The minimum atomic E-state index is -0.381. The fourth-order valence-corrected chi connectivity index (χ4v) is 2.38. The second-order valence-electron chi connectivity index (χ2n) is 4.90. The van der Waals surface area contributed by atoms with Crippen molar-refractivity contribution in [1.82, 2.24) is 0 Å². The predicted molar refractivity (Wildman–Crippen MR) is 69.9 cm³/mol. The normalized spacial score (nSPS) is 20.9. The van der Waals surface area contributed by atoms with E-state index >= 15 is 0 Å². The number of fused-ring (bicyclic) bond motifs is 1. The average Bonchev–Trinajstić information content (AvgIpc) is 2.35. The van der Waals surface area contributed by atoms with E-state index in [1.165, 1.54) is 5.56 Å². The van der Waals surface area contributed by atoms with Gasteiger partial charge in [0.2, 0.25) is 5.91 Å². The highest BCUT2D eigenvalue weighted by atomic mass is 16.2. The van der Waals surface area contributed by atoms with E-state index in [9.17, 15) is 4.79 Å². The monoisotopic (exact) mass is 232 g/mol. The largest absolute Gasteiger partial charge is 0.320 e. The number of para-hydroxylation sites is 1. The number of amides is 1. The number of hydrogen-bond donors (Lipinski definition) is 1. The van der Waals surface area contributed by atoms with Crippen LogP contribution in [0.4, 0.5) is 5.69 Å². The molecule has 92 valence electrons. The van der Waals surface area contributed by atoms with Crippen molar-refractivity contribution >= 4 is 11.6 Å². The molecule has 1 aromatic carbocycles. The van der Waals surface area contributed by atoms with Gasteiger partial charge in [-0.1, -0.05) is 32.0 Å². The van der Waals surface area contributed by atoms with Crippen LogP contribution in [0.1, 0.15) is 25.8 Å². The summed E-state index contributed by atoms with van der Waals surface area (Å²) in [6, 6.07) is 7.74. The summed E-state index contributed by atoms with van der Waals surface area (Å²) in [6.07, 6.45) is 1.73. The van der Waals surface area contributed by atoms with Crippen molar-refractivity contribution in [1.29, 1.82) is 0 Å². The van der Waals surface area contributed by atoms with Gasteiger partial charge >= 0.3 is 0 Å². The van der Waals surface area contributed by atoms with Crippen molar-refractivity contribution in [3.8, 4) is 0 Å². The number of carbonyl (C=O) groups is 1. The lowest BCUT2D eigenvalue weighted by atomic mass is 9.93. The van der Waals surface area contributed by atoms with Crippen LogP contribution in [0.2, 0.25) is 0 Å². The maximum atomic E-state index is 12.2. The fraction of sp³-hybridized carbons (Fsp3) is 0.500. The van der Waals surface area contributed by atoms with Gasteiger partial charge in [-0.25, -0.2) is 0 Å². The minimum absolute atomic E-state index is 0.0477. The van der Waals surface area contributed by atoms with Crippen LogP contribution < -0.4 is 10.6 Å². The molecule has 3 nitrogen and oxygen atoms in total. The molecule has 0 fully saturated rings. The van der Waals surface area contributed by atoms with Crippen LogP contribution in [0.3, 0.4) is 0 Å². The fourth-order valence-electron chi connectivity index (χ4n) is 2.38. The first-order valence-corrected chi connectivity index (χ1v) is 6.28. The van der Waals surface area contributed by atoms with Gasteiger partial charge in [0.1, 0.15) is 0 Å². The third-order valence-electron chi connectivity index (χ3n) is 3.37. The van der Waals surface area contributed by atoms with Crippen LogP contribution in [0.15, 0.2) is 24.3 Å². The molecular formula is C14H20N2O. The average molecular weight is 232 g/mol. The Kier molecular flexibility index (Phi) is 3.48. The lowest BCUT2D eigenvalue weighted by Crippen LogP contribution is -2.47. The highest BCUT2D eigenvalue weighted by molar-refractivity contribution is 5.98. The molecule has 0 radical (unpaired) electrons. The Morgan fingerprint density at radius 1 is 1.53 bits per heavy atom. The topological polar surface area (TPSA) is 46.3 Å². The number of rotatable bonds is 2. The third-order valence-corrected chi connectivity index (χ3v) is 3.37. The first kappa shape index (κ1) is 12.1. The van der Waals surface area contributed by atoms with Crippen molar-refractivity contribution in [3.05, 3.63) is 29.8 Å². The summed E-state index contributed by atoms with van der Waals surface area (Å²) in [7, 11) is 0. The van der Waals surface area contributed by atoms with E-state index in [1.807, 2.05) is 30.0 Å². The third kappa shape index (κ3) is 2.34. The number of hydrogen-bond acceptors (Lipinski definition) is 2. The van der Waals surface area contributed by atoms with E-state index < -0.39 is 0 Å². The van der Waals surface area contributed by atoms with E-state index in [0.717, 1.165) is 18.7 Å². The molecule has 1 aliphatic heterocycles. The Hall–Kier alpha value is -1.35. The van der Waals surface area contributed by atoms with Crippen LogP contribution in [0.25, 0.3) is 0 Å². The number of nitrogens with two attached hydrogens (primary N) is 1. The second-order valence-corrected chi connectivity index (χ2v) is 4.90. The van der Waals surface area contributed by atoms with Crippen molar-refractivity contribution < 1.29 is 4.79 Å². The van der Waals surface area contributed by atoms with Gasteiger partial charge in [-0.2, -0.15) is 0 Å².